The standard InChI is InChI=1S/C19H27N5O/c1-3-24(17-6-4-5-16(2)13-17)19-14-18(21-15-22-19)20-7-8-23-9-11-25-12-10-23/h4-6,13-15H,3,7-12H2,1-2H3,(H,20,21,22). The third-order valence-electron chi connectivity index (χ3n) is 4.40. The second-order valence-corrected chi connectivity index (χ2v) is 6.23. The van der Waals surface area contributed by atoms with E-state index in [1.54, 1.807) is 6.33 Å². The first-order valence-corrected chi connectivity index (χ1v) is 8.96. The van der Waals surface area contributed by atoms with Crippen molar-refractivity contribution >= 4 is 17.3 Å². The van der Waals surface area contributed by atoms with Crippen molar-refractivity contribution < 1.29 is 4.74 Å². The fourth-order valence-electron chi connectivity index (χ4n) is 3.03. The molecule has 1 fully saturated rings. The Kier molecular flexibility index (Phi) is 6.19. The predicted octanol–water partition coefficient (Wildman–Crippen LogP) is 2.69. The first-order chi connectivity index (χ1) is 12.3. The number of nitrogens with zero attached hydrogens (tertiary/aromatic N) is 4. The highest BCUT2D eigenvalue weighted by Gasteiger charge is 2.11. The Hall–Kier alpha value is -2.18. The van der Waals surface area contributed by atoms with Crippen molar-refractivity contribution in [2.75, 3.05) is 56.2 Å². The molecule has 6 heteroatoms. The predicted molar refractivity (Wildman–Crippen MR) is 102 cm³/mol. The Morgan fingerprint density at radius 2 is 2.04 bits per heavy atom. The lowest BCUT2D eigenvalue weighted by Gasteiger charge is -2.26. The minimum Gasteiger partial charge on any atom is -0.379 e. The molecule has 1 aromatic heterocycles. The number of anilines is 3. The van der Waals surface area contributed by atoms with E-state index in [9.17, 15) is 0 Å². The number of ether oxygens (including phenoxy) is 1. The van der Waals surface area contributed by atoms with E-state index in [2.05, 4.69) is 63.2 Å². The summed E-state index contributed by atoms with van der Waals surface area (Å²) in [7, 11) is 0. The van der Waals surface area contributed by atoms with Gasteiger partial charge in [-0.1, -0.05) is 12.1 Å². The Bertz CT molecular complexity index is 672. The van der Waals surface area contributed by atoms with Gasteiger partial charge in [-0.15, -0.1) is 0 Å². The molecule has 0 atom stereocenters. The molecule has 2 aromatic rings. The molecule has 6 nitrogen and oxygen atoms in total. The second kappa shape index (κ2) is 8.78. The molecule has 1 aliphatic rings. The molecule has 0 spiro atoms. The molecule has 2 heterocycles. The van der Waals surface area contributed by atoms with Gasteiger partial charge >= 0.3 is 0 Å². The topological polar surface area (TPSA) is 53.5 Å². The Balaban J connectivity index is 1.63. The number of aromatic nitrogens is 2. The van der Waals surface area contributed by atoms with Crippen molar-refractivity contribution in [3.63, 3.8) is 0 Å². The van der Waals surface area contributed by atoms with Gasteiger partial charge in [-0.2, -0.15) is 0 Å². The van der Waals surface area contributed by atoms with Gasteiger partial charge in [0.15, 0.2) is 0 Å². The van der Waals surface area contributed by atoms with Crippen molar-refractivity contribution in [1.29, 1.82) is 0 Å². The summed E-state index contributed by atoms with van der Waals surface area (Å²) in [6, 6.07) is 10.5. The summed E-state index contributed by atoms with van der Waals surface area (Å²) in [6.07, 6.45) is 1.63. The van der Waals surface area contributed by atoms with Crippen molar-refractivity contribution in [2.45, 2.75) is 13.8 Å². The van der Waals surface area contributed by atoms with E-state index in [0.717, 1.165) is 63.3 Å². The van der Waals surface area contributed by atoms with Crippen molar-refractivity contribution in [2.24, 2.45) is 0 Å². The zero-order valence-electron chi connectivity index (χ0n) is 15.1. The second-order valence-electron chi connectivity index (χ2n) is 6.23. The number of morpholine rings is 1. The monoisotopic (exact) mass is 341 g/mol. The highest BCUT2D eigenvalue weighted by molar-refractivity contribution is 5.62. The van der Waals surface area contributed by atoms with Crippen LogP contribution in [0.2, 0.25) is 0 Å². The molecule has 1 saturated heterocycles. The Morgan fingerprint density at radius 3 is 2.80 bits per heavy atom. The SMILES string of the molecule is CCN(c1cccc(C)c1)c1cc(NCCN2CCOCC2)ncn1. The molecule has 1 N–H and O–H groups in total. The van der Waals surface area contributed by atoms with Crippen LogP contribution in [0.5, 0.6) is 0 Å². The lowest BCUT2D eigenvalue weighted by atomic mass is 10.2. The molecular weight excluding hydrogens is 314 g/mol. The zero-order valence-corrected chi connectivity index (χ0v) is 15.1. The van der Waals surface area contributed by atoms with E-state index in [-0.39, 0.29) is 0 Å². The van der Waals surface area contributed by atoms with Gasteiger partial charge in [-0.25, -0.2) is 9.97 Å². The van der Waals surface area contributed by atoms with E-state index in [0.29, 0.717) is 0 Å². The maximum absolute atomic E-state index is 5.38. The smallest absolute Gasteiger partial charge is 0.138 e. The van der Waals surface area contributed by atoms with Gasteiger partial charge in [0, 0.05) is 44.5 Å². The first-order valence-electron chi connectivity index (χ1n) is 8.96. The van der Waals surface area contributed by atoms with E-state index >= 15 is 0 Å². The molecule has 1 aliphatic heterocycles. The van der Waals surface area contributed by atoms with Crippen LogP contribution in [0.15, 0.2) is 36.7 Å². The quantitative estimate of drug-likeness (QED) is 0.836. The normalized spacial score (nSPS) is 15.1. The Morgan fingerprint density at radius 1 is 1.20 bits per heavy atom. The fourth-order valence-corrected chi connectivity index (χ4v) is 3.03. The van der Waals surface area contributed by atoms with Crippen molar-refractivity contribution in [3.8, 4) is 0 Å². The average molecular weight is 341 g/mol. The van der Waals surface area contributed by atoms with E-state index in [4.69, 9.17) is 4.74 Å². The molecule has 0 saturated carbocycles. The largest absolute Gasteiger partial charge is 0.379 e. The number of aryl methyl sites for hydroxylation is 1. The van der Waals surface area contributed by atoms with Crippen LogP contribution in [0, 0.1) is 6.92 Å². The molecular formula is C19H27N5O. The zero-order chi connectivity index (χ0) is 17.5. The van der Waals surface area contributed by atoms with Gasteiger partial charge in [0.25, 0.3) is 0 Å². The lowest BCUT2D eigenvalue weighted by molar-refractivity contribution is 0.0398. The number of benzene rings is 1. The summed E-state index contributed by atoms with van der Waals surface area (Å²) in [5.41, 5.74) is 2.40. The van der Waals surface area contributed by atoms with E-state index < -0.39 is 0 Å². The summed E-state index contributed by atoms with van der Waals surface area (Å²) >= 11 is 0. The van der Waals surface area contributed by atoms with Crippen molar-refractivity contribution in [1.82, 2.24) is 14.9 Å². The minimum atomic E-state index is 0.833. The molecule has 0 radical (unpaired) electrons. The van der Waals surface area contributed by atoms with Crippen LogP contribution in [0.25, 0.3) is 0 Å². The van der Waals surface area contributed by atoms with Crippen LogP contribution < -0.4 is 10.2 Å². The minimum absolute atomic E-state index is 0.833. The van der Waals surface area contributed by atoms with Crippen LogP contribution in [0.1, 0.15) is 12.5 Å². The fraction of sp³-hybridized carbons (Fsp3) is 0.474. The summed E-state index contributed by atoms with van der Waals surface area (Å²) in [6.45, 7) is 10.6. The highest BCUT2D eigenvalue weighted by atomic mass is 16.5. The molecule has 134 valence electrons. The van der Waals surface area contributed by atoms with Crippen LogP contribution in [-0.4, -0.2) is 60.8 Å². The van der Waals surface area contributed by atoms with Crippen molar-refractivity contribution in [3.05, 3.63) is 42.2 Å². The van der Waals surface area contributed by atoms with Gasteiger partial charge < -0.3 is 15.0 Å². The lowest BCUT2D eigenvalue weighted by Crippen LogP contribution is -2.39. The number of hydrogen-bond donors (Lipinski definition) is 1. The first kappa shape index (κ1) is 17.6. The van der Waals surface area contributed by atoms with Crippen LogP contribution in [-0.2, 0) is 4.74 Å². The maximum Gasteiger partial charge on any atom is 0.138 e. The third-order valence-corrected chi connectivity index (χ3v) is 4.40. The third kappa shape index (κ3) is 4.90. The summed E-state index contributed by atoms with van der Waals surface area (Å²) in [5.74, 6) is 1.78. The summed E-state index contributed by atoms with van der Waals surface area (Å²) in [5, 5.41) is 3.41. The molecule has 0 amide bonds. The number of rotatable bonds is 7. The van der Waals surface area contributed by atoms with Gasteiger partial charge in [-0.05, 0) is 31.5 Å². The highest BCUT2D eigenvalue weighted by Crippen LogP contribution is 2.25. The average Bonchev–Trinajstić information content (AvgIpc) is 2.64. The number of hydrogen-bond acceptors (Lipinski definition) is 6. The van der Waals surface area contributed by atoms with Gasteiger partial charge in [0.1, 0.15) is 18.0 Å². The van der Waals surface area contributed by atoms with Gasteiger partial charge in [-0.3, -0.25) is 4.90 Å². The summed E-state index contributed by atoms with van der Waals surface area (Å²) < 4.78 is 5.38. The molecule has 0 aliphatic carbocycles. The van der Waals surface area contributed by atoms with Gasteiger partial charge in [0.2, 0.25) is 0 Å². The van der Waals surface area contributed by atoms with Crippen LogP contribution >= 0.6 is 0 Å². The number of nitrogens with one attached hydrogen (secondary N) is 1. The van der Waals surface area contributed by atoms with Crippen LogP contribution in [0.4, 0.5) is 17.3 Å². The van der Waals surface area contributed by atoms with Crippen LogP contribution in [0.3, 0.4) is 0 Å². The Labute approximate surface area is 149 Å². The molecule has 25 heavy (non-hydrogen) atoms. The summed E-state index contributed by atoms with van der Waals surface area (Å²) in [4.78, 5) is 13.4. The van der Waals surface area contributed by atoms with E-state index in [1.807, 2.05) is 6.07 Å². The maximum atomic E-state index is 5.38. The molecule has 3 rings (SSSR count). The van der Waals surface area contributed by atoms with Gasteiger partial charge in [0.05, 0.1) is 13.2 Å². The molecule has 1 aromatic carbocycles. The van der Waals surface area contributed by atoms with E-state index in [1.165, 1.54) is 5.56 Å². The molecule has 0 bridgehead atoms. The molecule has 0 unspecified atom stereocenters.